The van der Waals surface area contributed by atoms with E-state index in [9.17, 15) is 5.11 Å². The molecule has 2 atom stereocenters. The summed E-state index contributed by atoms with van der Waals surface area (Å²) in [4.78, 5) is 2.41. The first-order chi connectivity index (χ1) is 7.72. The molecule has 1 unspecified atom stereocenters. The van der Waals surface area contributed by atoms with Gasteiger partial charge in [0.05, 0.1) is 6.10 Å². The summed E-state index contributed by atoms with van der Waals surface area (Å²) in [6.45, 7) is 6.36. The van der Waals surface area contributed by atoms with Gasteiger partial charge in [-0.1, -0.05) is 31.5 Å². The summed E-state index contributed by atoms with van der Waals surface area (Å²) in [5.74, 6) is 0.821. The van der Waals surface area contributed by atoms with Gasteiger partial charge in [-0.25, -0.2) is 0 Å². The molecule has 0 aliphatic carbocycles. The van der Waals surface area contributed by atoms with E-state index in [4.69, 9.17) is 0 Å². The van der Waals surface area contributed by atoms with Gasteiger partial charge in [-0.3, -0.25) is 0 Å². The molecule has 1 N–H and O–H groups in total. The fraction of sp³-hybridized carbons (Fsp3) is 0.571. The molecule has 2 heteroatoms. The van der Waals surface area contributed by atoms with Crippen LogP contribution < -0.4 is 4.90 Å². The van der Waals surface area contributed by atoms with E-state index < -0.39 is 0 Å². The number of anilines is 1. The average Bonchev–Trinajstić information content (AvgIpc) is 2.77. The summed E-state index contributed by atoms with van der Waals surface area (Å²) in [6, 6.07) is 8.21. The predicted octanol–water partition coefficient (Wildman–Crippen LogP) is 2.98. The highest BCUT2D eigenvalue weighted by Crippen LogP contribution is 2.31. The molecule has 88 valence electrons. The van der Waals surface area contributed by atoms with Gasteiger partial charge in [-0.15, -0.1) is 0 Å². The molecule has 1 aromatic carbocycles. The van der Waals surface area contributed by atoms with E-state index in [1.165, 1.54) is 18.5 Å². The van der Waals surface area contributed by atoms with Gasteiger partial charge < -0.3 is 10.0 Å². The van der Waals surface area contributed by atoms with E-state index in [0.717, 1.165) is 24.6 Å². The molecule has 1 saturated heterocycles. The number of aliphatic hydroxyl groups is 1. The Kier molecular flexibility index (Phi) is 3.49. The van der Waals surface area contributed by atoms with Crippen LogP contribution in [-0.4, -0.2) is 18.2 Å². The molecule has 2 nitrogen and oxygen atoms in total. The van der Waals surface area contributed by atoms with Crippen molar-refractivity contribution < 1.29 is 5.11 Å². The van der Waals surface area contributed by atoms with Crippen LogP contribution in [0.25, 0.3) is 0 Å². The van der Waals surface area contributed by atoms with Crippen molar-refractivity contribution in [1.82, 2.24) is 0 Å². The third kappa shape index (κ3) is 2.22. The van der Waals surface area contributed by atoms with Gasteiger partial charge in [0.25, 0.3) is 0 Å². The van der Waals surface area contributed by atoms with Crippen LogP contribution in [0, 0.1) is 5.92 Å². The van der Waals surface area contributed by atoms with Gasteiger partial charge in [-0.05, 0) is 25.3 Å². The lowest BCUT2D eigenvalue weighted by Gasteiger charge is -2.23. The normalized spacial score (nSPS) is 22.4. The molecule has 0 radical (unpaired) electrons. The summed E-state index contributed by atoms with van der Waals surface area (Å²) in [5.41, 5.74) is 2.27. The third-order valence-electron chi connectivity index (χ3n) is 3.59. The first-order valence-electron chi connectivity index (χ1n) is 6.24. The Morgan fingerprint density at radius 3 is 2.81 bits per heavy atom. The molecule has 1 fully saturated rings. The largest absolute Gasteiger partial charge is 0.389 e. The minimum absolute atomic E-state index is 0.378. The highest BCUT2D eigenvalue weighted by atomic mass is 16.3. The zero-order valence-electron chi connectivity index (χ0n) is 10.2. The molecule has 1 aliphatic rings. The Bertz CT molecular complexity index is 348. The molecule has 1 heterocycles. The van der Waals surface area contributed by atoms with Crippen molar-refractivity contribution in [3.05, 3.63) is 29.8 Å². The minimum Gasteiger partial charge on any atom is -0.389 e. The molecule has 16 heavy (non-hydrogen) atoms. The van der Waals surface area contributed by atoms with Crippen LogP contribution in [0.2, 0.25) is 0 Å². The molecule has 2 rings (SSSR count). The second-order valence-corrected chi connectivity index (χ2v) is 4.74. The smallest absolute Gasteiger partial charge is 0.0781 e. The van der Waals surface area contributed by atoms with E-state index >= 15 is 0 Å². The zero-order chi connectivity index (χ0) is 11.5. The zero-order valence-corrected chi connectivity index (χ0v) is 10.2. The first-order valence-corrected chi connectivity index (χ1v) is 6.24. The van der Waals surface area contributed by atoms with E-state index in [0.29, 0.717) is 0 Å². The predicted molar refractivity (Wildman–Crippen MR) is 67.7 cm³/mol. The maximum atomic E-state index is 9.76. The average molecular weight is 219 g/mol. The molecule has 1 aromatic rings. The second kappa shape index (κ2) is 4.88. The van der Waals surface area contributed by atoms with Crippen LogP contribution >= 0.6 is 0 Å². The van der Waals surface area contributed by atoms with E-state index in [1.807, 2.05) is 19.1 Å². The van der Waals surface area contributed by atoms with Crippen LogP contribution in [0.5, 0.6) is 0 Å². The van der Waals surface area contributed by atoms with Crippen LogP contribution in [0.15, 0.2) is 24.3 Å². The van der Waals surface area contributed by atoms with E-state index in [-0.39, 0.29) is 6.10 Å². The molecule has 1 aliphatic heterocycles. The highest BCUT2D eigenvalue weighted by Gasteiger charge is 2.23. The Morgan fingerprint density at radius 2 is 2.19 bits per heavy atom. The van der Waals surface area contributed by atoms with Gasteiger partial charge in [0, 0.05) is 24.3 Å². The fourth-order valence-corrected chi connectivity index (χ4v) is 2.51. The lowest BCUT2D eigenvalue weighted by Crippen LogP contribution is -2.21. The van der Waals surface area contributed by atoms with Gasteiger partial charge in [-0.2, -0.15) is 0 Å². The van der Waals surface area contributed by atoms with Crippen LogP contribution in [0.1, 0.15) is 38.4 Å². The number of nitrogens with zero attached hydrogens (tertiary/aromatic N) is 1. The summed E-state index contributed by atoms with van der Waals surface area (Å²) in [6.07, 6.45) is 2.16. The summed E-state index contributed by atoms with van der Waals surface area (Å²) >= 11 is 0. The van der Waals surface area contributed by atoms with Crippen molar-refractivity contribution in [3.8, 4) is 0 Å². The van der Waals surface area contributed by atoms with Crippen molar-refractivity contribution >= 4 is 5.69 Å². The lowest BCUT2D eigenvalue weighted by atomic mass is 10.1. The number of hydrogen-bond acceptors (Lipinski definition) is 2. The fourth-order valence-electron chi connectivity index (χ4n) is 2.51. The number of hydrogen-bond donors (Lipinski definition) is 1. The maximum absolute atomic E-state index is 9.76. The molecule has 0 saturated carbocycles. The van der Waals surface area contributed by atoms with E-state index in [1.54, 1.807) is 0 Å². The number of para-hydroxylation sites is 1. The van der Waals surface area contributed by atoms with Crippen LogP contribution in [0.3, 0.4) is 0 Å². The molecule has 0 bridgehead atoms. The van der Waals surface area contributed by atoms with Crippen molar-refractivity contribution in [3.63, 3.8) is 0 Å². The topological polar surface area (TPSA) is 23.5 Å². The van der Waals surface area contributed by atoms with Crippen LogP contribution in [0.4, 0.5) is 5.69 Å². The molecular weight excluding hydrogens is 198 g/mol. The van der Waals surface area contributed by atoms with Crippen molar-refractivity contribution in [2.45, 2.75) is 32.8 Å². The number of aliphatic hydroxyl groups excluding tert-OH is 1. The van der Waals surface area contributed by atoms with Crippen molar-refractivity contribution in [2.24, 2.45) is 5.92 Å². The summed E-state index contributed by atoms with van der Waals surface area (Å²) in [5, 5.41) is 9.76. The Hall–Kier alpha value is -1.02. The van der Waals surface area contributed by atoms with Crippen molar-refractivity contribution in [2.75, 3.05) is 18.0 Å². The molecule has 0 aromatic heterocycles. The number of benzene rings is 1. The Labute approximate surface area is 97.9 Å². The minimum atomic E-state index is -0.378. The highest BCUT2D eigenvalue weighted by molar-refractivity contribution is 5.55. The third-order valence-corrected chi connectivity index (χ3v) is 3.59. The van der Waals surface area contributed by atoms with Crippen molar-refractivity contribution in [1.29, 1.82) is 0 Å². The Balaban J connectivity index is 2.20. The van der Waals surface area contributed by atoms with Gasteiger partial charge in [0.1, 0.15) is 0 Å². The van der Waals surface area contributed by atoms with E-state index in [2.05, 4.69) is 24.0 Å². The molecular formula is C14H21NO. The van der Waals surface area contributed by atoms with Gasteiger partial charge >= 0.3 is 0 Å². The van der Waals surface area contributed by atoms with Gasteiger partial charge in [0.2, 0.25) is 0 Å². The quantitative estimate of drug-likeness (QED) is 0.844. The summed E-state index contributed by atoms with van der Waals surface area (Å²) < 4.78 is 0. The standard InChI is InChI=1S/C14H21NO/c1-3-12-8-9-15(10-12)14-7-5-4-6-13(14)11(2)16/h4-7,11-12,16H,3,8-10H2,1-2H3/t11-,12?/m1/s1. The maximum Gasteiger partial charge on any atom is 0.0781 e. The van der Waals surface area contributed by atoms with Gasteiger partial charge in [0.15, 0.2) is 0 Å². The Morgan fingerprint density at radius 1 is 1.44 bits per heavy atom. The molecule has 0 amide bonds. The summed E-state index contributed by atoms with van der Waals surface area (Å²) in [7, 11) is 0. The molecule has 0 spiro atoms. The SMILES string of the molecule is CCC1CCN(c2ccccc2[C@@H](C)O)C1. The first kappa shape index (κ1) is 11.5. The lowest BCUT2D eigenvalue weighted by molar-refractivity contribution is 0.199. The van der Waals surface area contributed by atoms with Crippen LogP contribution in [-0.2, 0) is 0 Å². The monoisotopic (exact) mass is 219 g/mol. The number of rotatable bonds is 3. The second-order valence-electron chi connectivity index (χ2n) is 4.74.